The SMILES string of the molecule is COc1ccc(C)c2sc(N(CCCN3CCOCC3)C(=O)C(c3ccccc3)c3ccccc3)nc12.Cl. The monoisotopic (exact) mass is 551 g/mol. The number of fused-ring (bicyclic) bond motifs is 1. The van der Waals surface area contributed by atoms with Gasteiger partial charge in [0.05, 0.1) is 30.9 Å². The van der Waals surface area contributed by atoms with Gasteiger partial charge in [0, 0.05) is 26.2 Å². The van der Waals surface area contributed by atoms with Crippen LogP contribution < -0.4 is 9.64 Å². The first kappa shape index (κ1) is 28.0. The second-order valence-electron chi connectivity index (χ2n) is 9.31. The van der Waals surface area contributed by atoms with Crippen LogP contribution in [0.1, 0.15) is 29.0 Å². The van der Waals surface area contributed by atoms with Crippen molar-refractivity contribution >= 4 is 45.0 Å². The van der Waals surface area contributed by atoms with Gasteiger partial charge in [0.1, 0.15) is 11.3 Å². The van der Waals surface area contributed by atoms with E-state index in [0.29, 0.717) is 11.7 Å². The van der Waals surface area contributed by atoms with Crippen molar-refractivity contribution in [3.63, 3.8) is 0 Å². The van der Waals surface area contributed by atoms with Gasteiger partial charge in [-0.25, -0.2) is 4.98 Å². The molecule has 5 rings (SSSR count). The third-order valence-electron chi connectivity index (χ3n) is 6.88. The van der Waals surface area contributed by atoms with Crippen molar-refractivity contribution in [1.29, 1.82) is 0 Å². The lowest BCUT2D eigenvalue weighted by atomic mass is 9.90. The molecule has 0 saturated carbocycles. The Morgan fingerprint density at radius 2 is 1.66 bits per heavy atom. The number of hydrogen-bond donors (Lipinski definition) is 0. The van der Waals surface area contributed by atoms with Crippen LogP contribution in [0.3, 0.4) is 0 Å². The average Bonchev–Trinajstić information content (AvgIpc) is 3.39. The molecule has 0 spiro atoms. The molecular weight excluding hydrogens is 518 g/mol. The summed E-state index contributed by atoms with van der Waals surface area (Å²) in [5.74, 6) is 0.349. The van der Waals surface area contributed by atoms with Gasteiger partial charge < -0.3 is 9.47 Å². The second kappa shape index (κ2) is 13.2. The van der Waals surface area contributed by atoms with Gasteiger partial charge in [-0.05, 0) is 36.1 Å². The minimum absolute atomic E-state index is 0. The number of aryl methyl sites for hydroxylation is 1. The molecule has 0 atom stereocenters. The fraction of sp³-hybridized carbons (Fsp3) is 0.333. The molecule has 3 aromatic carbocycles. The van der Waals surface area contributed by atoms with Crippen molar-refractivity contribution < 1.29 is 14.3 Å². The predicted octanol–water partition coefficient (Wildman–Crippen LogP) is 5.92. The molecule has 200 valence electrons. The number of thiazole rings is 1. The summed E-state index contributed by atoms with van der Waals surface area (Å²) in [6.07, 6.45) is 0.855. The molecule has 0 aliphatic carbocycles. The molecule has 0 unspecified atom stereocenters. The van der Waals surface area contributed by atoms with E-state index >= 15 is 0 Å². The Kier molecular flexibility index (Phi) is 9.74. The van der Waals surface area contributed by atoms with Gasteiger partial charge in [0.15, 0.2) is 5.13 Å². The summed E-state index contributed by atoms with van der Waals surface area (Å²) >= 11 is 1.56. The molecule has 0 N–H and O–H groups in total. The highest BCUT2D eigenvalue weighted by molar-refractivity contribution is 7.22. The Labute approximate surface area is 234 Å². The summed E-state index contributed by atoms with van der Waals surface area (Å²) < 4.78 is 12.2. The van der Waals surface area contributed by atoms with Gasteiger partial charge in [-0.15, -0.1) is 12.4 Å². The topological polar surface area (TPSA) is 54.9 Å². The Hall–Kier alpha value is -2.97. The average molecular weight is 552 g/mol. The number of anilines is 1. The van der Waals surface area contributed by atoms with Crippen molar-refractivity contribution in [3.8, 4) is 5.75 Å². The van der Waals surface area contributed by atoms with Crippen LogP contribution in [0.4, 0.5) is 5.13 Å². The van der Waals surface area contributed by atoms with Gasteiger partial charge in [0.25, 0.3) is 0 Å². The van der Waals surface area contributed by atoms with E-state index in [2.05, 4.69) is 11.8 Å². The molecule has 1 saturated heterocycles. The van der Waals surface area contributed by atoms with Crippen molar-refractivity contribution in [3.05, 3.63) is 89.5 Å². The number of nitrogens with zero attached hydrogens (tertiary/aromatic N) is 3. The van der Waals surface area contributed by atoms with Crippen LogP contribution in [0.15, 0.2) is 72.8 Å². The number of rotatable bonds is 9. The highest BCUT2D eigenvalue weighted by Crippen LogP contribution is 2.38. The highest BCUT2D eigenvalue weighted by atomic mass is 35.5. The van der Waals surface area contributed by atoms with Crippen LogP contribution in [0, 0.1) is 6.92 Å². The van der Waals surface area contributed by atoms with Crippen molar-refractivity contribution in [2.75, 3.05) is 51.4 Å². The van der Waals surface area contributed by atoms with Gasteiger partial charge in [-0.3, -0.25) is 14.6 Å². The molecule has 1 amide bonds. The van der Waals surface area contributed by atoms with Crippen LogP contribution in [0.25, 0.3) is 10.2 Å². The molecule has 1 aromatic heterocycles. The van der Waals surface area contributed by atoms with E-state index in [0.717, 1.165) is 71.9 Å². The molecule has 4 aromatic rings. The lowest BCUT2D eigenvalue weighted by Gasteiger charge is -2.29. The number of carbonyl (C=O) groups is 1. The number of ether oxygens (including phenoxy) is 2. The van der Waals surface area contributed by atoms with Crippen molar-refractivity contribution in [2.24, 2.45) is 0 Å². The smallest absolute Gasteiger partial charge is 0.240 e. The zero-order valence-electron chi connectivity index (χ0n) is 21.8. The predicted molar refractivity (Wildman–Crippen MR) is 157 cm³/mol. The molecule has 1 aliphatic rings. The van der Waals surface area contributed by atoms with Gasteiger partial charge >= 0.3 is 0 Å². The number of benzene rings is 3. The van der Waals surface area contributed by atoms with E-state index in [1.165, 1.54) is 0 Å². The van der Waals surface area contributed by atoms with E-state index in [1.807, 2.05) is 77.7 Å². The van der Waals surface area contributed by atoms with Crippen LogP contribution in [-0.4, -0.2) is 62.3 Å². The normalized spacial score (nSPS) is 13.9. The van der Waals surface area contributed by atoms with Crippen LogP contribution in [0.2, 0.25) is 0 Å². The third-order valence-corrected chi connectivity index (χ3v) is 8.10. The minimum atomic E-state index is -0.416. The van der Waals surface area contributed by atoms with E-state index in [-0.39, 0.29) is 18.3 Å². The molecule has 6 nitrogen and oxygen atoms in total. The maximum absolute atomic E-state index is 14.5. The van der Waals surface area contributed by atoms with Gasteiger partial charge in [-0.2, -0.15) is 0 Å². The molecule has 8 heteroatoms. The lowest BCUT2D eigenvalue weighted by molar-refractivity contribution is -0.119. The maximum Gasteiger partial charge on any atom is 0.240 e. The number of aromatic nitrogens is 1. The van der Waals surface area contributed by atoms with Crippen molar-refractivity contribution in [1.82, 2.24) is 9.88 Å². The first-order chi connectivity index (χ1) is 18.2. The molecule has 38 heavy (non-hydrogen) atoms. The third kappa shape index (κ3) is 6.18. The number of methoxy groups -OCH3 is 1. The zero-order chi connectivity index (χ0) is 25.6. The van der Waals surface area contributed by atoms with Crippen LogP contribution >= 0.6 is 23.7 Å². The molecule has 0 bridgehead atoms. The molecule has 2 heterocycles. The molecule has 1 aliphatic heterocycles. The van der Waals surface area contributed by atoms with Crippen LogP contribution in [0.5, 0.6) is 5.75 Å². The molecule has 1 fully saturated rings. The number of morpholine rings is 1. The summed E-state index contributed by atoms with van der Waals surface area (Å²) in [4.78, 5) is 23.7. The maximum atomic E-state index is 14.5. The number of halogens is 1. The van der Waals surface area contributed by atoms with E-state index < -0.39 is 5.92 Å². The summed E-state index contributed by atoms with van der Waals surface area (Å²) in [5, 5.41) is 0.714. The Bertz CT molecular complexity index is 1290. The Balaban J connectivity index is 0.00000336. The first-order valence-corrected chi connectivity index (χ1v) is 13.6. The quantitative estimate of drug-likeness (QED) is 0.258. The summed E-state index contributed by atoms with van der Waals surface area (Å²) in [5.41, 5.74) is 3.89. The zero-order valence-corrected chi connectivity index (χ0v) is 23.5. The number of carbonyl (C=O) groups excluding carboxylic acids is 1. The van der Waals surface area contributed by atoms with Gasteiger partial charge in [-0.1, -0.05) is 78.1 Å². The highest BCUT2D eigenvalue weighted by Gasteiger charge is 2.30. The number of amides is 1. The lowest BCUT2D eigenvalue weighted by Crippen LogP contribution is -2.40. The summed E-state index contributed by atoms with van der Waals surface area (Å²) in [7, 11) is 1.66. The second-order valence-corrected chi connectivity index (χ2v) is 10.3. The Morgan fingerprint density at radius 3 is 2.26 bits per heavy atom. The number of hydrogen-bond acceptors (Lipinski definition) is 6. The largest absolute Gasteiger partial charge is 0.494 e. The van der Waals surface area contributed by atoms with Gasteiger partial charge in [0.2, 0.25) is 5.91 Å². The van der Waals surface area contributed by atoms with E-state index in [1.54, 1.807) is 18.4 Å². The molecule has 0 radical (unpaired) electrons. The summed E-state index contributed by atoms with van der Waals surface area (Å²) in [6.45, 7) is 6.98. The first-order valence-electron chi connectivity index (χ1n) is 12.8. The fourth-order valence-corrected chi connectivity index (χ4v) is 5.96. The van der Waals surface area contributed by atoms with Crippen LogP contribution in [-0.2, 0) is 9.53 Å². The van der Waals surface area contributed by atoms with E-state index in [9.17, 15) is 4.79 Å². The standard InChI is InChI=1S/C30H33N3O3S.ClH/c1-22-14-15-25(35-2)27-28(22)37-30(31-27)33(17-9-16-32-18-20-36-21-19-32)29(34)26(23-10-5-3-6-11-23)24-12-7-4-8-13-24;/h3-8,10-15,26H,9,16-21H2,1-2H3;1H. The fourth-order valence-electron chi connectivity index (χ4n) is 4.88. The molecular formula is C30H34ClN3O3S. The minimum Gasteiger partial charge on any atom is -0.494 e. The Morgan fingerprint density at radius 1 is 1.03 bits per heavy atom. The van der Waals surface area contributed by atoms with E-state index in [4.69, 9.17) is 14.5 Å². The van der Waals surface area contributed by atoms with Crippen molar-refractivity contribution in [2.45, 2.75) is 19.3 Å². The summed E-state index contributed by atoms with van der Waals surface area (Å²) in [6, 6.07) is 24.1.